The normalized spacial score (nSPS) is 19.1. The van der Waals surface area contributed by atoms with Crippen LogP contribution in [0.2, 0.25) is 0 Å². The van der Waals surface area contributed by atoms with Crippen LogP contribution < -0.4 is 5.32 Å². The number of carbonyl (C=O) groups is 1. The molecule has 4 nitrogen and oxygen atoms in total. The molecular formula is C15H21NO3. The second kappa shape index (κ2) is 7.26. The number of rotatable bonds is 5. The molecule has 1 aliphatic heterocycles. The van der Waals surface area contributed by atoms with Crippen LogP contribution in [0.3, 0.4) is 0 Å². The Kier molecular flexibility index (Phi) is 5.36. The number of para-hydroxylation sites is 1. The fourth-order valence-corrected chi connectivity index (χ4v) is 2.32. The van der Waals surface area contributed by atoms with Gasteiger partial charge in [-0.2, -0.15) is 0 Å². The van der Waals surface area contributed by atoms with E-state index in [1.54, 1.807) is 12.1 Å². The van der Waals surface area contributed by atoms with Gasteiger partial charge in [0.05, 0.1) is 12.7 Å². The summed E-state index contributed by atoms with van der Waals surface area (Å²) in [6.45, 7) is 0.752. The van der Waals surface area contributed by atoms with Crippen molar-refractivity contribution in [3.8, 4) is 0 Å². The van der Waals surface area contributed by atoms with Crippen molar-refractivity contribution < 1.29 is 14.6 Å². The number of anilines is 1. The summed E-state index contributed by atoms with van der Waals surface area (Å²) in [5.41, 5.74) is 1.43. The number of amides is 1. The predicted octanol–water partition coefficient (Wildman–Crippen LogP) is 2.47. The number of hydrogen-bond acceptors (Lipinski definition) is 3. The maximum Gasteiger partial charge on any atom is 0.224 e. The van der Waals surface area contributed by atoms with Crippen molar-refractivity contribution in [2.75, 3.05) is 11.9 Å². The molecule has 1 saturated heterocycles. The summed E-state index contributed by atoms with van der Waals surface area (Å²) in [5, 5.41) is 12.0. The maximum absolute atomic E-state index is 11.9. The molecule has 0 bridgehead atoms. The Labute approximate surface area is 113 Å². The van der Waals surface area contributed by atoms with Gasteiger partial charge in [0.1, 0.15) is 0 Å². The quantitative estimate of drug-likeness (QED) is 0.858. The molecule has 1 atom stereocenters. The lowest BCUT2D eigenvalue weighted by Crippen LogP contribution is -2.22. The van der Waals surface area contributed by atoms with Gasteiger partial charge in [-0.25, -0.2) is 0 Å². The van der Waals surface area contributed by atoms with Gasteiger partial charge in [0.15, 0.2) is 0 Å². The minimum Gasteiger partial charge on any atom is -0.392 e. The van der Waals surface area contributed by atoms with Crippen molar-refractivity contribution in [1.82, 2.24) is 0 Å². The molecule has 4 heteroatoms. The maximum atomic E-state index is 11.9. The van der Waals surface area contributed by atoms with E-state index in [0.29, 0.717) is 12.1 Å². The number of ether oxygens (including phenoxy) is 1. The Morgan fingerprint density at radius 2 is 2.21 bits per heavy atom. The molecule has 0 aliphatic carbocycles. The molecule has 19 heavy (non-hydrogen) atoms. The number of nitrogens with one attached hydrogen (secondary N) is 1. The zero-order valence-corrected chi connectivity index (χ0v) is 11.1. The van der Waals surface area contributed by atoms with E-state index in [0.717, 1.165) is 31.4 Å². The summed E-state index contributed by atoms with van der Waals surface area (Å²) >= 11 is 0. The molecule has 104 valence electrons. The number of hydrogen-bond donors (Lipinski definition) is 2. The summed E-state index contributed by atoms with van der Waals surface area (Å²) in [4.78, 5) is 11.9. The lowest BCUT2D eigenvalue weighted by molar-refractivity contribution is -0.117. The lowest BCUT2D eigenvalue weighted by atomic mass is 10.0. The molecule has 0 spiro atoms. The summed E-state index contributed by atoms with van der Waals surface area (Å²) in [7, 11) is 0. The van der Waals surface area contributed by atoms with Crippen LogP contribution in [0, 0.1) is 0 Å². The van der Waals surface area contributed by atoms with Crippen LogP contribution in [0.5, 0.6) is 0 Å². The van der Waals surface area contributed by atoms with Gasteiger partial charge in [-0.1, -0.05) is 18.2 Å². The van der Waals surface area contributed by atoms with E-state index in [9.17, 15) is 9.90 Å². The summed E-state index contributed by atoms with van der Waals surface area (Å²) in [6.07, 6.45) is 4.84. The van der Waals surface area contributed by atoms with Crippen molar-refractivity contribution in [3.63, 3.8) is 0 Å². The van der Waals surface area contributed by atoms with Crippen molar-refractivity contribution in [1.29, 1.82) is 0 Å². The molecular weight excluding hydrogens is 242 g/mol. The molecule has 1 aliphatic rings. The first-order chi connectivity index (χ1) is 9.29. The molecule has 1 heterocycles. The summed E-state index contributed by atoms with van der Waals surface area (Å²) in [5.74, 6) is -0.0185. The number of carbonyl (C=O) groups excluding carboxylic acids is 1. The first-order valence-corrected chi connectivity index (χ1v) is 6.90. The molecule has 0 aromatic heterocycles. The largest absolute Gasteiger partial charge is 0.392 e. The summed E-state index contributed by atoms with van der Waals surface area (Å²) < 4.78 is 5.60. The third-order valence-electron chi connectivity index (χ3n) is 3.43. The third kappa shape index (κ3) is 4.33. The molecule has 1 fully saturated rings. The Hall–Kier alpha value is -1.39. The first kappa shape index (κ1) is 14.0. The van der Waals surface area contributed by atoms with E-state index in [1.165, 1.54) is 6.42 Å². The van der Waals surface area contributed by atoms with Gasteiger partial charge >= 0.3 is 0 Å². The van der Waals surface area contributed by atoms with Gasteiger partial charge < -0.3 is 15.2 Å². The van der Waals surface area contributed by atoms with Crippen LogP contribution in [0.4, 0.5) is 5.69 Å². The average Bonchev–Trinajstić information content (AvgIpc) is 2.47. The van der Waals surface area contributed by atoms with Crippen LogP contribution in [0.25, 0.3) is 0 Å². The van der Waals surface area contributed by atoms with Gasteiger partial charge in [-0.15, -0.1) is 0 Å². The topological polar surface area (TPSA) is 58.6 Å². The van der Waals surface area contributed by atoms with Crippen LogP contribution in [-0.4, -0.2) is 23.7 Å². The summed E-state index contributed by atoms with van der Waals surface area (Å²) in [6, 6.07) is 7.30. The Morgan fingerprint density at radius 3 is 2.95 bits per heavy atom. The van der Waals surface area contributed by atoms with Crippen LogP contribution in [-0.2, 0) is 16.1 Å². The Morgan fingerprint density at radius 1 is 1.37 bits per heavy atom. The van der Waals surface area contributed by atoms with Gasteiger partial charge in [0.25, 0.3) is 0 Å². The van der Waals surface area contributed by atoms with Crippen molar-refractivity contribution in [3.05, 3.63) is 29.8 Å². The van der Waals surface area contributed by atoms with Gasteiger partial charge in [-0.05, 0) is 31.7 Å². The second-order valence-corrected chi connectivity index (χ2v) is 4.89. The lowest BCUT2D eigenvalue weighted by Gasteiger charge is -2.22. The zero-order valence-electron chi connectivity index (χ0n) is 11.1. The zero-order chi connectivity index (χ0) is 13.5. The molecule has 2 N–H and O–H groups in total. The number of aliphatic hydroxyl groups is 1. The highest BCUT2D eigenvalue weighted by Gasteiger charge is 2.15. The molecule has 1 aromatic carbocycles. The molecule has 1 amide bonds. The highest BCUT2D eigenvalue weighted by atomic mass is 16.5. The molecule has 1 unspecified atom stereocenters. The van der Waals surface area contributed by atoms with E-state index in [-0.39, 0.29) is 18.6 Å². The predicted molar refractivity (Wildman–Crippen MR) is 73.8 cm³/mol. The molecule has 1 aromatic rings. The fourth-order valence-electron chi connectivity index (χ4n) is 2.32. The van der Waals surface area contributed by atoms with E-state index in [2.05, 4.69) is 5.32 Å². The number of aliphatic hydroxyl groups excluding tert-OH is 1. The van der Waals surface area contributed by atoms with E-state index in [4.69, 9.17) is 4.74 Å². The van der Waals surface area contributed by atoms with Crippen LogP contribution in [0.1, 0.15) is 37.7 Å². The second-order valence-electron chi connectivity index (χ2n) is 4.89. The van der Waals surface area contributed by atoms with Crippen LogP contribution in [0.15, 0.2) is 24.3 Å². The molecule has 2 rings (SSSR count). The van der Waals surface area contributed by atoms with Crippen molar-refractivity contribution in [2.45, 2.75) is 44.8 Å². The van der Waals surface area contributed by atoms with Crippen molar-refractivity contribution in [2.24, 2.45) is 0 Å². The highest BCUT2D eigenvalue weighted by Crippen LogP contribution is 2.18. The van der Waals surface area contributed by atoms with E-state index in [1.807, 2.05) is 12.1 Å². The minimum absolute atomic E-state index is 0.0185. The van der Waals surface area contributed by atoms with E-state index >= 15 is 0 Å². The molecule has 0 saturated carbocycles. The Bertz CT molecular complexity index is 414. The standard InChI is InChI=1S/C15H21NO3/c17-11-12-5-1-2-7-14(12)16-15(18)9-8-13-6-3-4-10-19-13/h1-2,5,7,13,17H,3-4,6,8-11H2,(H,16,18). The highest BCUT2D eigenvalue weighted by molar-refractivity contribution is 5.91. The van der Waals surface area contributed by atoms with Gasteiger partial charge in [-0.3, -0.25) is 4.79 Å². The van der Waals surface area contributed by atoms with Gasteiger partial charge in [0.2, 0.25) is 5.91 Å². The van der Waals surface area contributed by atoms with E-state index < -0.39 is 0 Å². The monoisotopic (exact) mass is 263 g/mol. The van der Waals surface area contributed by atoms with Crippen LogP contribution >= 0.6 is 0 Å². The fraction of sp³-hybridized carbons (Fsp3) is 0.533. The van der Waals surface area contributed by atoms with Gasteiger partial charge in [0, 0.05) is 24.3 Å². The first-order valence-electron chi connectivity index (χ1n) is 6.90. The molecule has 0 radical (unpaired) electrons. The minimum atomic E-state index is -0.0673. The SMILES string of the molecule is O=C(CCC1CCCCO1)Nc1ccccc1CO. The smallest absolute Gasteiger partial charge is 0.224 e. The van der Waals surface area contributed by atoms with Crippen molar-refractivity contribution >= 4 is 11.6 Å². The average molecular weight is 263 g/mol. The number of benzene rings is 1. The third-order valence-corrected chi connectivity index (χ3v) is 3.43. The Balaban J connectivity index is 1.80.